The van der Waals surface area contributed by atoms with Crippen LogP contribution in [-0.4, -0.2) is 60.0 Å². The van der Waals surface area contributed by atoms with Crippen molar-refractivity contribution in [2.75, 3.05) is 26.2 Å². The van der Waals surface area contributed by atoms with Crippen LogP contribution >= 0.6 is 0 Å². The van der Waals surface area contributed by atoms with Crippen molar-refractivity contribution in [3.8, 4) is 0 Å². The fourth-order valence-corrected chi connectivity index (χ4v) is 3.26. The minimum absolute atomic E-state index is 0.0397. The van der Waals surface area contributed by atoms with Crippen molar-refractivity contribution >= 4 is 18.0 Å². The second kappa shape index (κ2) is 7.33. The van der Waals surface area contributed by atoms with Gasteiger partial charge in [-0.2, -0.15) is 0 Å². The summed E-state index contributed by atoms with van der Waals surface area (Å²) in [5.74, 6) is -0.252. The Balaban J connectivity index is 1.48. The molecule has 1 aromatic rings. The lowest BCUT2D eigenvalue weighted by atomic mass is 10.0. The van der Waals surface area contributed by atoms with E-state index < -0.39 is 6.03 Å². The predicted molar refractivity (Wildman–Crippen MR) is 88.4 cm³/mol. The zero-order valence-corrected chi connectivity index (χ0v) is 13.5. The molecule has 0 radical (unpaired) electrons. The first-order valence-corrected chi connectivity index (χ1v) is 8.32. The second-order valence-electron chi connectivity index (χ2n) is 6.12. The van der Waals surface area contributed by atoms with E-state index in [1.807, 2.05) is 23.1 Å². The average molecular weight is 330 g/mol. The summed E-state index contributed by atoms with van der Waals surface area (Å²) >= 11 is 0. The van der Waals surface area contributed by atoms with Crippen LogP contribution in [0.1, 0.15) is 18.4 Å². The van der Waals surface area contributed by atoms with Gasteiger partial charge in [-0.25, -0.2) is 9.59 Å². The summed E-state index contributed by atoms with van der Waals surface area (Å²) in [5, 5.41) is 5.28. The summed E-state index contributed by atoms with van der Waals surface area (Å²) in [7, 11) is 0. The standard InChI is InChI=1S/C17H22N4O3/c22-15-12-19-17(24)21(15)10-8-18-16(23)20-9-4-7-14(20)11-13-5-2-1-3-6-13/h1-3,5-6,14H,4,7-12H2,(H,18,23)(H,19,24). The van der Waals surface area contributed by atoms with Crippen LogP contribution in [0.15, 0.2) is 30.3 Å². The number of amides is 5. The van der Waals surface area contributed by atoms with Crippen LogP contribution in [0.2, 0.25) is 0 Å². The number of benzene rings is 1. The maximum atomic E-state index is 12.4. The molecule has 2 N–H and O–H groups in total. The molecule has 3 rings (SSSR count). The van der Waals surface area contributed by atoms with Gasteiger partial charge in [-0.1, -0.05) is 30.3 Å². The summed E-state index contributed by atoms with van der Waals surface area (Å²) in [6, 6.07) is 9.83. The molecule has 2 saturated heterocycles. The van der Waals surface area contributed by atoms with Crippen molar-refractivity contribution in [3.63, 3.8) is 0 Å². The van der Waals surface area contributed by atoms with Crippen molar-refractivity contribution in [2.24, 2.45) is 0 Å². The minimum Gasteiger partial charge on any atom is -0.336 e. The maximum absolute atomic E-state index is 12.4. The fourth-order valence-electron chi connectivity index (χ4n) is 3.26. The first kappa shape index (κ1) is 16.3. The van der Waals surface area contributed by atoms with E-state index in [2.05, 4.69) is 22.8 Å². The molecular weight excluding hydrogens is 308 g/mol. The average Bonchev–Trinajstić information content (AvgIpc) is 3.17. The summed E-state index contributed by atoms with van der Waals surface area (Å²) in [6.45, 7) is 1.25. The summed E-state index contributed by atoms with van der Waals surface area (Å²) < 4.78 is 0. The lowest BCUT2D eigenvalue weighted by Crippen LogP contribution is -2.46. The van der Waals surface area contributed by atoms with E-state index >= 15 is 0 Å². The van der Waals surface area contributed by atoms with Crippen LogP contribution in [0, 0.1) is 0 Å². The Morgan fingerprint density at radius 3 is 2.75 bits per heavy atom. The van der Waals surface area contributed by atoms with Crippen LogP contribution in [0.5, 0.6) is 0 Å². The van der Waals surface area contributed by atoms with Crippen LogP contribution < -0.4 is 10.6 Å². The molecule has 5 amide bonds. The van der Waals surface area contributed by atoms with E-state index in [1.165, 1.54) is 5.56 Å². The third kappa shape index (κ3) is 3.67. The van der Waals surface area contributed by atoms with Crippen LogP contribution in [0.4, 0.5) is 9.59 Å². The molecule has 0 saturated carbocycles. The highest BCUT2D eigenvalue weighted by atomic mass is 16.2. The van der Waals surface area contributed by atoms with Gasteiger partial charge in [-0.3, -0.25) is 9.69 Å². The van der Waals surface area contributed by atoms with Crippen LogP contribution in [0.3, 0.4) is 0 Å². The molecule has 1 atom stereocenters. The zero-order chi connectivity index (χ0) is 16.9. The van der Waals surface area contributed by atoms with Gasteiger partial charge >= 0.3 is 12.1 Å². The number of nitrogens with zero attached hydrogens (tertiary/aromatic N) is 2. The third-order valence-electron chi connectivity index (χ3n) is 4.50. The number of carbonyl (C=O) groups excluding carboxylic acids is 3. The number of hydrogen-bond donors (Lipinski definition) is 2. The van der Waals surface area contributed by atoms with Crippen molar-refractivity contribution in [1.82, 2.24) is 20.4 Å². The molecule has 0 spiro atoms. The van der Waals surface area contributed by atoms with Gasteiger partial charge in [-0.05, 0) is 24.8 Å². The molecular formula is C17H22N4O3. The molecule has 7 nitrogen and oxygen atoms in total. The molecule has 24 heavy (non-hydrogen) atoms. The molecule has 0 aliphatic carbocycles. The van der Waals surface area contributed by atoms with E-state index in [4.69, 9.17) is 0 Å². The van der Waals surface area contributed by atoms with Gasteiger partial charge in [0.15, 0.2) is 0 Å². The topological polar surface area (TPSA) is 81.8 Å². The third-order valence-corrected chi connectivity index (χ3v) is 4.50. The SMILES string of the molecule is O=C1CNC(=O)N1CCNC(=O)N1CCCC1Cc1ccccc1. The highest BCUT2D eigenvalue weighted by molar-refractivity contribution is 6.01. The number of carbonyl (C=O) groups is 3. The number of hydrogen-bond acceptors (Lipinski definition) is 3. The Morgan fingerprint density at radius 1 is 1.25 bits per heavy atom. The zero-order valence-electron chi connectivity index (χ0n) is 13.5. The molecule has 1 unspecified atom stereocenters. The van der Waals surface area contributed by atoms with Gasteiger partial charge in [0.05, 0.1) is 6.54 Å². The van der Waals surface area contributed by atoms with E-state index in [1.54, 1.807) is 0 Å². The van der Waals surface area contributed by atoms with Gasteiger partial charge in [0, 0.05) is 25.7 Å². The largest absolute Gasteiger partial charge is 0.336 e. The Morgan fingerprint density at radius 2 is 2.04 bits per heavy atom. The van der Waals surface area contributed by atoms with E-state index in [-0.39, 0.29) is 37.6 Å². The molecule has 128 valence electrons. The lowest BCUT2D eigenvalue weighted by molar-refractivity contribution is -0.124. The van der Waals surface area contributed by atoms with Crippen molar-refractivity contribution < 1.29 is 14.4 Å². The van der Waals surface area contributed by atoms with Crippen molar-refractivity contribution in [2.45, 2.75) is 25.3 Å². The van der Waals surface area contributed by atoms with E-state index in [9.17, 15) is 14.4 Å². The predicted octanol–water partition coefficient (Wildman–Crippen LogP) is 0.955. The highest BCUT2D eigenvalue weighted by Gasteiger charge is 2.30. The quantitative estimate of drug-likeness (QED) is 0.789. The van der Waals surface area contributed by atoms with Gasteiger partial charge < -0.3 is 15.5 Å². The molecule has 2 heterocycles. The molecule has 7 heteroatoms. The smallest absolute Gasteiger partial charge is 0.324 e. The second-order valence-corrected chi connectivity index (χ2v) is 6.12. The summed E-state index contributed by atoms with van der Waals surface area (Å²) in [4.78, 5) is 38.3. The van der Waals surface area contributed by atoms with Gasteiger partial charge in [0.25, 0.3) is 0 Å². The fraction of sp³-hybridized carbons (Fsp3) is 0.471. The highest BCUT2D eigenvalue weighted by Crippen LogP contribution is 2.21. The van der Waals surface area contributed by atoms with Crippen molar-refractivity contribution in [3.05, 3.63) is 35.9 Å². The lowest BCUT2D eigenvalue weighted by Gasteiger charge is -2.25. The van der Waals surface area contributed by atoms with E-state index in [0.717, 1.165) is 30.7 Å². The normalized spacial score (nSPS) is 20.4. The molecule has 2 fully saturated rings. The minimum atomic E-state index is -0.391. The summed E-state index contributed by atoms with van der Waals surface area (Å²) in [5.41, 5.74) is 1.22. The molecule has 2 aliphatic rings. The van der Waals surface area contributed by atoms with Gasteiger partial charge in [-0.15, -0.1) is 0 Å². The van der Waals surface area contributed by atoms with Crippen molar-refractivity contribution in [1.29, 1.82) is 0 Å². The first-order chi connectivity index (χ1) is 11.6. The Hall–Kier alpha value is -2.57. The number of nitrogens with one attached hydrogen (secondary N) is 2. The van der Waals surface area contributed by atoms with Crippen LogP contribution in [-0.2, 0) is 11.2 Å². The molecule has 0 bridgehead atoms. The number of urea groups is 2. The Bertz CT molecular complexity index is 604. The number of imide groups is 1. The molecule has 1 aromatic carbocycles. The number of likely N-dealkylation sites (tertiary alicyclic amines) is 1. The Kier molecular flexibility index (Phi) is 4.98. The monoisotopic (exact) mass is 330 g/mol. The van der Waals surface area contributed by atoms with Crippen LogP contribution in [0.25, 0.3) is 0 Å². The Labute approximate surface area is 141 Å². The van der Waals surface area contributed by atoms with Gasteiger partial charge in [0.1, 0.15) is 0 Å². The maximum Gasteiger partial charge on any atom is 0.324 e. The first-order valence-electron chi connectivity index (χ1n) is 8.32. The van der Waals surface area contributed by atoms with E-state index in [0.29, 0.717) is 0 Å². The summed E-state index contributed by atoms with van der Waals surface area (Å²) in [6.07, 6.45) is 2.84. The van der Waals surface area contributed by atoms with Gasteiger partial charge in [0.2, 0.25) is 5.91 Å². The number of rotatable bonds is 5. The molecule has 2 aliphatic heterocycles. The molecule has 0 aromatic heterocycles.